The first-order chi connectivity index (χ1) is 10.1. The third kappa shape index (κ3) is 2.93. The lowest BCUT2D eigenvalue weighted by atomic mass is 9.95. The van der Waals surface area contributed by atoms with Crippen molar-refractivity contribution >= 4 is 8.56 Å². The smallest absolute Gasteiger partial charge is 0.331 e. The van der Waals surface area contributed by atoms with Gasteiger partial charge in [0.2, 0.25) is 0 Å². The lowest BCUT2D eigenvalue weighted by molar-refractivity contribution is 0.123. The van der Waals surface area contributed by atoms with Crippen LogP contribution in [0, 0.1) is 35.5 Å². The normalized spacial score (nSPS) is 43.3. The summed E-state index contributed by atoms with van der Waals surface area (Å²) in [5.74, 6) is 4.76. The van der Waals surface area contributed by atoms with Gasteiger partial charge in [0.05, 0.1) is 0 Å². The summed E-state index contributed by atoms with van der Waals surface area (Å²) in [6, 6.07) is 0. The van der Waals surface area contributed by atoms with Gasteiger partial charge in [0, 0.05) is 13.2 Å². The Balaban J connectivity index is 1.23. The second-order valence-electron chi connectivity index (χ2n) is 8.10. The van der Waals surface area contributed by atoms with E-state index in [0.29, 0.717) is 0 Å². The number of fused-ring (bicyclic) bond motifs is 4. The Labute approximate surface area is 129 Å². The fourth-order valence-electron chi connectivity index (χ4n) is 4.83. The standard InChI is InChI=1S/C18H28O2Si/c1-21(2,19-11-17-9-13-3-5-15(17)7-13)20-12-18-10-14-4-6-16(18)8-14/h3-6,13-18H,7-12H2,1-2H3. The van der Waals surface area contributed by atoms with Gasteiger partial charge in [-0.1, -0.05) is 24.3 Å². The molecule has 0 aliphatic heterocycles. The average Bonchev–Trinajstić information content (AvgIpc) is 3.22. The summed E-state index contributed by atoms with van der Waals surface area (Å²) < 4.78 is 12.5. The number of hydrogen-bond donors (Lipinski definition) is 0. The van der Waals surface area contributed by atoms with Gasteiger partial charge in [0.1, 0.15) is 0 Å². The van der Waals surface area contributed by atoms with Gasteiger partial charge in [0.25, 0.3) is 0 Å². The van der Waals surface area contributed by atoms with E-state index >= 15 is 0 Å². The second-order valence-corrected chi connectivity index (χ2v) is 11.5. The number of hydrogen-bond acceptors (Lipinski definition) is 2. The molecule has 2 fully saturated rings. The zero-order valence-corrected chi connectivity index (χ0v) is 14.3. The van der Waals surface area contributed by atoms with Crippen LogP contribution >= 0.6 is 0 Å². The van der Waals surface area contributed by atoms with Crippen LogP contribution < -0.4 is 0 Å². The molecule has 3 heteroatoms. The second kappa shape index (κ2) is 5.36. The molecule has 0 radical (unpaired) electrons. The van der Waals surface area contributed by atoms with Crippen molar-refractivity contribution in [2.24, 2.45) is 35.5 Å². The molecule has 2 nitrogen and oxygen atoms in total. The molecular weight excluding hydrogens is 276 g/mol. The maximum Gasteiger partial charge on any atom is 0.331 e. The molecular formula is C18H28O2Si. The van der Waals surface area contributed by atoms with Gasteiger partial charge in [0.15, 0.2) is 0 Å². The number of allylic oxidation sites excluding steroid dienone is 4. The van der Waals surface area contributed by atoms with E-state index in [1.165, 1.54) is 25.7 Å². The van der Waals surface area contributed by atoms with Crippen LogP contribution in [0.1, 0.15) is 25.7 Å². The van der Waals surface area contributed by atoms with E-state index < -0.39 is 8.56 Å². The van der Waals surface area contributed by atoms with Crippen LogP contribution in [0.3, 0.4) is 0 Å². The summed E-state index contributed by atoms with van der Waals surface area (Å²) in [5, 5.41) is 0. The third-order valence-corrected chi connectivity index (χ3v) is 7.85. The molecule has 0 aromatic rings. The lowest BCUT2D eigenvalue weighted by Gasteiger charge is -2.29. The molecule has 0 N–H and O–H groups in total. The van der Waals surface area contributed by atoms with E-state index in [1.54, 1.807) is 0 Å². The van der Waals surface area contributed by atoms with Crippen molar-refractivity contribution in [2.45, 2.75) is 38.8 Å². The Morgan fingerprint density at radius 2 is 1.24 bits per heavy atom. The Kier molecular flexibility index (Phi) is 3.63. The fourth-order valence-corrected chi connectivity index (χ4v) is 6.14. The van der Waals surface area contributed by atoms with Gasteiger partial charge in [-0.3, -0.25) is 0 Å². The molecule has 4 aliphatic rings. The van der Waals surface area contributed by atoms with Gasteiger partial charge in [-0.15, -0.1) is 0 Å². The third-order valence-electron chi connectivity index (χ3n) is 6.12. The van der Waals surface area contributed by atoms with Gasteiger partial charge < -0.3 is 8.85 Å². The van der Waals surface area contributed by atoms with Gasteiger partial charge in [-0.2, -0.15) is 0 Å². The predicted molar refractivity (Wildman–Crippen MR) is 87.1 cm³/mol. The van der Waals surface area contributed by atoms with Crippen LogP contribution in [0.5, 0.6) is 0 Å². The Bertz CT molecular complexity index is 416. The highest BCUT2D eigenvalue weighted by Gasteiger charge is 2.39. The molecule has 0 spiro atoms. The number of rotatable bonds is 6. The minimum Gasteiger partial charge on any atom is -0.394 e. The zero-order valence-electron chi connectivity index (χ0n) is 13.3. The summed E-state index contributed by atoms with van der Waals surface area (Å²) in [6.07, 6.45) is 15.1. The fraction of sp³-hybridized carbons (Fsp3) is 0.778. The lowest BCUT2D eigenvalue weighted by Crippen LogP contribution is -2.39. The molecule has 0 heterocycles. The molecule has 0 amide bonds. The molecule has 6 unspecified atom stereocenters. The monoisotopic (exact) mass is 304 g/mol. The highest BCUT2D eigenvalue weighted by Crippen LogP contribution is 2.45. The molecule has 4 bridgehead atoms. The SMILES string of the molecule is C[Si](C)(OCC1CC2C=CC1C2)OCC1CC2C=CC1C2. The summed E-state index contributed by atoms with van der Waals surface area (Å²) in [7, 11) is -1.94. The molecule has 6 atom stereocenters. The molecule has 116 valence electrons. The largest absolute Gasteiger partial charge is 0.394 e. The van der Waals surface area contributed by atoms with Crippen LogP contribution in [0.2, 0.25) is 13.1 Å². The topological polar surface area (TPSA) is 18.5 Å². The molecule has 4 rings (SSSR count). The van der Waals surface area contributed by atoms with Crippen molar-refractivity contribution in [3.63, 3.8) is 0 Å². The Morgan fingerprint density at radius 3 is 1.57 bits per heavy atom. The van der Waals surface area contributed by atoms with E-state index in [9.17, 15) is 0 Å². The van der Waals surface area contributed by atoms with Gasteiger partial charge in [-0.05, 0) is 74.3 Å². The maximum absolute atomic E-state index is 6.27. The predicted octanol–water partition coefficient (Wildman–Crippen LogP) is 4.15. The van der Waals surface area contributed by atoms with E-state index in [2.05, 4.69) is 37.4 Å². The summed E-state index contributed by atoms with van der Waals surface area (Å²) in [6.45, 7) is 6.28. The molecule has 2 saturated carbocycles. The zero-order chi connectivity index (χ0) is 14.4. The first-order valence-electron chi connectivity index (χ1n) is 8.73. The van der Waals surface area contributed by atoms with Crippen LogP contribution in [0.15, 0.2) is 24.3 Å². The van der Waals surface area contributed by atoms with E-state index in [-0.39, 0.29) is 0 Å². The molecule has 0 aromatic heterocycles. The molecule has 4 aliphatic carbocycles. The van der Waals surface area contributed by atoms with Crippen molar-refractivity contribution in [2.75, 3.05) is 13.2 Å². The summed E-state index contributed by atoms with van der Waals surface area (Å²) in [5.41, 5.74) is 0. The van der Waals surface area contributed by atoms with E-state index in [4.69, 9.17) is 8.85 Å². The minimum atomic E-state index is -1.94. The highest BCUT2D eigenvalue weighted by atomic mass is 28.4. The summed E-state index contributed by atoms with van der Waals surface area (Å²) in [4.78, 5) is 0. The van der Waals surface area contributed by atoms with E-state index in [1.807, 2.05) is 0 Å². The van der Waals surface area contributed by atoms with Crippen molar-refractivity contribution in [3.8, 4) is 0 Å². The first-order valence-corrected chi connectivity index (χ1v) is 11.6. The van der Waals surface area contributed by atoms with Crippen LogP contribution in [-0.4, -0.2) is 21.8 Å². The van der Waals surface area contributed by atoms with Crippen LogP contribution in [-0.2, 0) is 8.85 Å². The van der Waals surface area contributed by atoms with Crippen LogP contribution in [0.25, 0.3) is 0 Å². The Morgan fingerprint density at radius 1 is 0.762 bits per heavy atom. The van der Waals surface area contributed by atoms with Gasteiger partial charge in [-0.25, -0.2) is 0 Å². The average molecular weight is 305 g/mol. The molecule has 21 heavy (non-hydrogen) atoms. The van der Waals surface area contributed by atoms with E-state index in [0.717, 1.165) is 48.7 Å². The molecule has 0 saturated heterocycles. The van der Waals surface area contributed by atoms with Crippen molar-refractivity contribution < 1.29 is 8.85 Å². The maximum atomic E-state index is 6.27. The summed E-state index contributed by atoms with van der Waals surface area (Å²) >= 11 is 0. The van der Waals surface area contributed by atoms with Crippen molar-refractivity contribution in [1.29, 1.82) is 0 Å². The van der Waals surface area contributed by atoms with Gasteiger partial charge >= 0.3 is 8.56 Å². The highest BCUT2D eigenvalue weighted by molar-refractivity contribution is 6.64. The van der Waals surface area contributed by atoms with Crippen LogP contribution in [0.4, 0.5) is 0 Å². The van der Waals surface area contributed by atoms with Crippen molar-refractivity contribution in [3.05, 3.63) is 24.3 Å². The van der Waals surface area contributed by atoms with Crippen molar-refractivity contribution in [1.82, 2.24) is 0 Å². The minimum absolute atomic E-state index is 0.751. The first kappa shape index (κ1) is 14.2. The molecule has 0 aromatic carbocycles. The Hall–Kier alpha value is -0.383. The quantitative estimate of drug-likeness (QED) is 0.542.